The van der Waals surface area contributed by atoms with E-state index in [1.54, 1.807) is 36.4 Å². The fourth-order valence-electron chi connectivity index (χ4n) is 3.02. The number of carbonyl (C=O) groups excluding carboxylic acids is 2. The van der Waals surface area contributed by atoms with Crippen LogP contribution < -0.4 is 19.7 Å². The van der Waals surface area contributed by atoms with E-state index < -0.39 is 10.0 Å². The van der Waals surface area contributed by atoms with Crippen molar-refractivity contribution in [3.8, 4) is 5.75 Å². The zero-order valence-electron chi connectivity index (χ0n) is 18.4. The topological polar surface area (TPSA) is 105 Å². The molecule has 2 amide bonds. The molecule has 10 heteroatoms. The summed E-state index contributed by atoms with van der Waals surface area (Å²) in [5, 5.41) is 5.81. The van der Waals surface area contributed by atoms with Crippen LogP contribution in [0.4, 0.5) is 11.4 Å². The van der Waals surface area contributed by atoms with Gasteiger partial charge in [-0.1, -0.05) is 30.7 Å². The molecule has 0 heterocycles. The van der Waals surface area contributed by atoms with Crippen molar-refractivity contribution in [2.24, 2.45) is 0 Å². The van der Waals surface area contributed by atoms with E-state index in [1.165, 1.54) is 17.5 Å². The third kappa shape index (κ3) is 7.13. The van der Waals surface area contributed by atoms with Crippen LogP contribution in [0.5, 0.6) is 5.75 Å². The quantitative estimate of drug-likeness (QED) is 0.509. The van der Waals surface area contributed by atoms with Crippen LogP contribution in [-0.2, 0) is 14.8 Å². The molecular weight excluding hydrogens is 454 g/mol. The van der Waals surface area contributed by atoms with Crippen LogP contribution in [0.1, 0.15) is 36.5 Å². The summed E-state index contributed by atoms with van der Waals surface area (Å²) in [6.45, 7) is 2.58. The number of sulfonamides is 1. The Hall–Kier alpha value is -2.78. The van der Waals surface area contributed by atoms with E-state index in [4.69, 9.17) is 16.3 Å². The van der Waals surface area contributed by atoms with E-state index in [2.05, 4.69) is 10.6 Å². The van der Waals surface area contributed by atoms with Crippen molar-refractivity contribution in [1.29, 1.82) is 0 Å². The predicted octanol–water partition coefficient (Wildman–Crippen LogP) is 3.67. The molecule has 2 N–H and O–H groups in total. The molecule has 0 spiro atoms. The van der Waals surface area contributed by atoms with Crippen molar-refractivity contribution < 1.29 is 22.7 Å². The lowest BCUT2D eigenvalue weighted by Crippen LogP contribution is -2.31. The second-order valence-corrected chi connectivity index (χ2v) is 9.42. The third-order valence-electron chi connectivity index (χ3n) is 4.57. The molecule has 0 aliphatic heterocycles. The fourth-order valence-corrected chi connectivity index (χ4v) is 4.23. The van der Waals surface area contributed by atoms with Gasteiger partial charge >= 0.3 is 0 Å². The zero-order chi connectivity index (χ0) is 23.7. The molecule has 32 heavy (non-hydrogen) atoms. The van der Waals surface area contributed by atoms with E-state index >= 15 is 0 Å². The van der Waals surface area contributed by atoms with Crippen LogP contribution >= 0.6 is 11.6 Å². The van der Waals surface area contributed by atoms with Crippen LogP contribution in [0.25, 0.3) is 0 Å². The first-order valence-electron chi connectivity index (χ1n) is 10.2. The number of nitrogens with one attached hydrogen (secondary N) is 2. The number of hydrogen-bond acceptors (Lipinski definition) is 5. The molecule has 0 aromatic heterocycles. The molecule has 0 aliphatic rings. The number of anilines is 2. The van der Waals surface area contributed by atoms with Gasteiger partial charge < -0.3 is 15.4 Å². The van der Waals surface area contributed by atoms with Gasteiger partial charge in [-0.2, -0.15) is 0 Å². The maximum absolute atomic E-state index is 12.5. The second-order valence-electron chi connectivity index (χ2n) is 7.11. The molecule has 0 aliphatic carbocycles. The lowest BCUT2D eigenvalue weighted by Gasteiger charge is -2.23. The van der Waals surface area contributed by atoms with Crippen molar-refractivity contribution in [3.05, 3.63) is 53.1 Å². The standard InChI is InChI=1S/C22H28ClN3O5S/c1-4-13-24-22(28)17-8-5-6-9-19(17)25-21(27)10-7-14-26(32(3,29)30)16-11-12-20(31-2)18(23)15-16/h5-6,8-9,11-12,15H,4,7,10,13-14H2,1-3H3,(H,24,28)(H,25,27). The summed E-state index contributed by atoms with van der Waals surface area (Å²) in [6, 6.07) is 11.4. The second kappa shape index (κ2) is 11.7. The number of carbonyl (C=O) groups is 2. The van der Waals surface area contributed by atoms with Crippen molar-refractivity contribution >= 4 is 44.8 Å². The minimum atomic E-state index is -3.59. The highest BCUT2D eigenvalue weighted by atomic mass is 35.5. The van der Waals surface area contributed by atoms with Gasteiger partial charge in [0.1, 0.15) is 5.75 Å². The Bertz CT molecular complexity index is 1060. The number of rotatable bonds is 11. The number of ether oxygens (including phenoxy) is 1. The van der Waals surface area contributed by atoms with E-state index in [9.17, 15) is 18.0 Å². The number of methoxy groups -OCH3 is 1. The first kappa shape index (κ1) is 25.5. The number of para-hydroxylation sites is 1. The molecule has 0 saturated heterocycles. The van der Waals surface area contributed by atoms with Crippen molar-refractivity contribution in [3.63, 3.8) is 0 Å². The smallest absolute Gasteiger partial charge is 0.253 e. The molecule has 0 atom stereocenters. The normalized spacial score (nSPS) is 11.0. The van der Waals surface area contributed by atoms with Gasteiger partial charge in [0.25, 0.3) is 5.91 Å². The Morgan fingerprint density at radius 1 is 1.16 bits per heavy atom. The average molecular weight is 482 g/mol. The molecule has 2 aromatic rings. The molecule has 0 unspecified atom stereocenters. The lowest BCUT2D eigenvalue weighted by atomic mass is 10.1. The van der Waals surface area contributed by atoms with E-state index in [0.29, 0.717) is 29.2 Å². The number of amides is 2. The first-order valence-corrected chi connectivity index (χ1v) is 12.4. The van der Waals surface area contributed by atoms with E-state index in [-0.39, 0.29) is 36.2 Å². The van der Waals surface area contributed by atoms with Gasteiger partial charge in [0.15, 0.2) is 0 Å². The van der Waals surface area contributed by atoms with Gasteiger partial charge in [0.05, 0.1) is 35.3 Å². The van der Waals surface area contributed by atoms with E-state index in [0.717, 1.165) is 12.7 Å². The van der Waals surface area contributed by atoms with Crippen LogP contribution in [-0.4, -0.2) is 46.7 Å². The summed E-state index contributed by atoms with van der Waals surface area (Å²) in [7, 11) is -2.12. The average Bonchev–Trinajstić information content (AvgIpc) is 2.74. The Labute approximate surface area is 193 Å². The summed E-state index contributed by atoms with van der Waals surface area (Å²) in [5.74, 6) is -0.144. The predicted molar refractivity (Wildman–Crippen MR) is 127 cm³/mol. The maximum atomic E-state index is 12.5. The van der Waals surface area contributed by atoms with Crippen molar-refractivity contribution in [2.45, 2.75) is 26.2 Å². The molecule has 0 fully saturated rings. The van der Waals surface area contributed by atoms with Gasteiger partial charge in [0, 0.05) is 19.5 Å². The van der Waals surface area contributed by atoms with Gasteiger partial charge in [-0.3, -0.25) is 13.9 Å². The van der Waals surface area contributed by atoms with Crippen molar-refractivity contribution in [2.75, 3.05) is 36.1 Å². The Balaban J connectivity index is 2.03. The van der Waals surface area contributed by atoms with Gasteiger partial charge in [0.2, 0.25) is 15.9 Å². The van der Waals surface area contributed by atoms with Crippen LogP contribution in [0.3, 0.4) is 0 Å². The van der Waals surface area contributed by atoms with Crippen LogP contribution in [0.15, 0.2) is 42.5 Å². The molecular formula is C22H28ClN3O5S. The fraction of sp³-hybridized carbons (Fsp3) is 0.364. The van der Waals surface area contributed by atoms with E-state index in [1.807, 2.05) is 6.92 Å². The largest absolute Gasteiger partial charge is 0.495 e. The summed E-state index contributed by atoms with van der Waals surface area (Å²) in [5.41, 5.74) is 1.17. The number of nitrogens with zero attached hydrogens (tertiary/aromatic N) is 1. The summed E-state index contributed by atoms with van der Waals surface area (Å²) in [6.07, 6.45) is 2.24. The lowest BCUT2D eigenvalue weighted by molar-refractivity contribution is -0.116. The Kier molecular flexibility index (Phi) is 9.34. The minimum Gasteiger partial charge on any atom is -0.495 e. The summed E-state index contributed by atoms with van der Waals surface area (Å²) >= 11 is 6.13. The Morgan fingerprint density at radius 3 is 2.50 bits per heavy atom. The zero-order valence-corrected chi connectivity index (χ0v) is 19.9. The number of hydrogen-bond donors (Lipinski definition) is 2. The van der Waals surface area contributed by atoms with Gasteiger partial charge in [-0.25, -0.2) is 8.42 Å². The minimum absolute atomic E-state index is 0.0703. The van der Waals surface area contributed by atoms with Gasteiger partial charge in [-0.05, 0) is 43.2 Å². The molecule has 2 aromatic carbocycles. The summed E-state index contributed by atoms with van der Waals surface area (Å²) in [4.78, 5) is 24.8. The summed E-state index contributed by atoms with van der Waals surface area (Å²) < 4.78 is 30.8. The molecule has 174 valence electrons. The van der Waals surface area contributed by atoms with Crippen LogP contribution in [0, 0.1) is 0 Å². The number of benzene rings is 2. The molecule has 0 saturated carbocycles. The highest BCUT2D eigenvalue weighted by Crippen LogP contribution is 2.30. The van der Waals surface area contributed by atoms with Crippen LogP contribution in [0.2, 0.25) is 5.02 Å². The molecule has 2 rings (SSSR count). The monoisotopic (exact) mass is 481 g/mol. The molecule has 8 nitrogen and oxygen atoms in total. The Morgan fingerprint density at radius 2 is 1.88 bits per heavy atom. The van der Waals surface area contributed by atoms with Gasteiger partial charge in [-0.15, -0.1) is 0 Å². The SMILES string of the molecule is CCCNC(=O)c1ccccc1NC(=O)CCCN(c1ccc(OC)c(Cl)c1)S(C)(=O)=O. The first-order chi connectivity index (χ1) is 15.2. The highest BCUT2D eigenvalue weighted by Gasteiger charge is 2.19. The molecule has 0 radical (unpaired) electrons. The highest BCUT2D eigenvalue weighted by molar-refractivity contribution is 7.92. The maximum Gasteiger partial charge on any atom is 0.253 e. The number of halogens is 1. The third-order valence-corrected chi connectivity index (χ3v) is 6.06. The van der Waals surface area contributed by atoms with Crippen molar-refractivity contribution in [1.82, 2.24) is 5.32 Å². The molecule has 0 bridgehead atoms.